The molecule has 1 amide bonds. The van der Waals surface area contributed by atoms with E-state index >= 15 is 0 Å². The van der Waals surface area contributed by atoms with Crippen LogP contribution in [0.4, 0.5) is 0 Å². The van der Waals surface area contributed by atoms with Crippen molar-refractivity contribution in [3.63, 3.8) is 0 Å². The molecule has 0 unspecified atom stereocenters. The molecule has 26 heavy (non-hydrogen) atoms. The molecule has 0 atom stereocenters. The Labute approximate surface area is 155 Å². The molecular formula is C20H16ClN3O2. The average molecular weight is 366 g/mol. The number of halogens is 1. The quantitative estimate of drug-likeness (QED) is 0.533. The van der Waals surface area contributed by atoms with Crippen LogP contribution in [-0.2, 0) is 6.54 Å². The monoisotopic (exact) mass is 365 g/mol. The molecule has 4 aromatic rings. The molecule has 0 aliphatic rings. The first kappa shape index (κ1) is 16.4. The van der Waals surface area contributed by atoms with Gasteiger partial charge in [0.05, 0.1) is 11.9 Å². The minimum atomic E-state index is -0.190. The Balaban J connectivity index is 1.51. The molecule has 130 valence electrons. The van der Waals surface area contributed by atoms with Crippen molar-refractivity contribution in [2.24, 2.45) is 0 Å². The summed E-state index contributed by atoms with van der Waals surface area (Å²) in [5.74, 6) is 0.102. The minimum Gasteiger partial charge on any atom is -0.451 e. The summed E-state index contributed by atoms with van der Waals surface area (Å²) in [7, 11) is 1.74. The molecule has 0 aliphatic heterocycles. The van der Waals surface area contributed by atoms with Crippen LogP contribution in [0.3, 0.4) is 0 Å². The lowest BCUT2D eigenvalue weighted by atomic mass is 10.2. The third-order valence-corrected chi connectivity index (χ3v) is 4.35. The number of furan rings is 1. The highest BCUT2D eigenvalue weighted by molar-refractivity contribution is 6.31. The Morgan fingerprint density at radius 1 is 1.19 bits per heavy atom. The summed E-state index contributed by atoms with van der Waals surface area (Å²) in [6.45, 7) is 0.434. The van der Waals surface area contributed by atoms with Crippen molar-refractivity contribution < 1.29 is 9.21 Å². The number of carbonyl (C=O) groups is 1. The standard InChI is InChI=1S/C20H16ClN3O2/c1-23(12-14-11-22-24(13-14)17-5-3-2-4-6-17)20(25)19-10-15-9-16(21)7-8-18(15)26-19/h2-11,13H,12H2,1H3. The fourth-order valence-corrected chi connectivity index (χ4v) is 3.00. The van der Waals surface area contributed by atoms with Gasteiger partial charge in [-0.15, -0.1) is 0 Å². The van der Waals surface area contributed by atoms with Gasteiger partial charge >= 0.3 is 0 Å². The molecule has 0 saturated carbocycles. The molecule has 0 saturated heterocycles. The second-order valence-corrected chi connectivity index (χ2v) is 6.52. The van der Waals surface area contributed by atoms with Crippen molar-refractivity contribution in [2.75, 3.05) is 7.05 Å². The van der Waals surface area contributed by atoms with Crippen molar-refractivity contribution in [3.8, 4) is 5.69 Å². The molecule has 2 heterocycles. The van der Waals surface area contributed by atoms with Crippen LogP contribution >= 0.6 is 11.6 Å². The molecule has 0 aliphatic carbocycles. The van der Waals surface area contributed by atoms with Gasteiger partial charge in [0, 0.05) is 35.8 Å². The number of aromatic nitrogens is 2. The van der Waals surface area contributed by atoms with Crippen LogP contribution in [0.1, 0.15) is 16.1 Å². The Morgan fingerprint density at radius 3 is 2.81 bits per heavy atom. The van der Waals surface area contributed by atoms with Crippen LogP contribution in [0, 0.1) is 0 Å². The summed E-state index contributed by atoms with van der Waals surface area (Å²) in [4.78, 5) is 14.3. The predicted octanol–water partition coefficient (Wildman–Crippen LogP) is 4.54. The number of amides is 1. The van der Waals surface area contributed by atoms with E-state index < -0.39 is 0 Å². The van der Waals surface area contributed by atoms with Gasteiger partial charge in [-0.1, -0.05) is 29.8 Å². The Hall–Kier alpha value is -3.05. The first-order valence-electron chi connectivity index (χ1n) is 8.14. The Bertz CT molecular complexity index is 1070. The number of carbonyl (C=O) groups excluding carboxylic acids is 1. The predicted molar refractivity (Wildman–Crippen MR) is 101 cm³/mol. The zero-order valence-electron chi connectivity index (χ0n) is 14.1. The summed E-state index contributed by atoms with van der Waals surface area (Å²) in [5.41, 5.74) is 2.55. The molecule has 0 fully saturated rings. The van der Waals surface area contributed by atoms with E-state index in [1.807, 2.05) is 36.5 Å². The van der Waals surface area contributed by atoms with E-state index in [1.54, 1.807) is 47.1 Å². The molecule has 6 heteroatoms. The fraction of sp³-hybridized carbons (Fsp3) is 0.100. The van der Waals surface area contributed by atoms with E-state index in [4.69, 9.17) is 16.0 Å². The highest BCUT2D eigenvalue weighted by atomic mass is 35.5. The maximum Gasteiger partial charge on any atom is 0.289 e. The highest BCUT2D eigenvalue weighted by Gasteiger charge is 2.18. The van der Waals surface area contributed by atoms with Gasteiger partial charge in [-0.3, -0.25) is 4.79 Å². The third-order valence-electron chi connectivity index (χ3n) is 4.11. The molecule has 0 spiro atoms. The smallest absolute Gasteiger partial charge is 0.289 e. The van der Waals surface area contributed by atoms with Crippen molar-refractivity contribution >= 4 is 28.5 Å². The second kappa shape index (κ2) is 6.69. The number of benzene rings is 2. The van der Waals surface area contributed by atoms with E-state index in [-0.39, 0.29) is 5.91 Å². The summed E-state index contributed by atoms with van der Waals surface area (Å²) < 4.78 is 7.44. The van der Waals surface area contributed by atoms with Crippen LogP contribution in [0.15, 0.2) is 71.4 Å². The normalized spacial score (nSPS) is 11.0. The van der Waals surface area contributed by atoms with Crippen molar-refractivity contribution in [2.45, 2.75) is 6.54 Å². The molecule has 0 radical (unpaired) electrons. The molecule has 4 rings (SSSR count). The average Bonchev–Trinajstić information content (AvgIpc) is 3.28. The first-order chi connectivity index (χ1) is 12.6. The zero-order chi connectivity index (χ0) is 18.1. The van der Waals surface area contributed by atoms with Crippen LogP contribution in [0.25, 0.3) is 16.7 Å². The number of rotatable bonds is 4. The summed E-state index contributed by atoms with van der Waals surface area (Å²) in [6.07, 6.45) is 3.67. The fourth-order valence-electron chi connectivity index (χ4n) is 2.82. The second-order valence-electron chi connectivity index (χ2n) is 6.08. The molecule has 2 aromatic carbocycles. The zero-order valence-corrected chi connectivity index (χ0v) is 14.8. The number of hydrogen-bond acceptors (Lipinski definition) is 3. The molecule has 2 aromatic heterocycles. The third kappa shape index (κ3) is 3.21. The largest absolute Gasteiger partial charge is 0.451 e. The number of hydrogen-bond donors (Lipinski definition) is 0. The van der Waals surface area contributed by atoms with Gasteiger partial charge < -0.3 is 9.32 Å². The number of fused-ring (bicyclic) bond motifs is 1. The number of nitrogens with zero attached hydrogens (tertiary/aromatic N) is 3. The summed E-state index contributed by atoms with van der Waals surface area (Å²) >= 11 is 5.98. The van der Waals surface area contributed by atoms with Crippen molar-refractivity contribution in [1.29, 1.82) is 0 Å². The van der Waals surface area contributed by atoms with Crippen LogP contribution in [0.2, 0.25) is 5.02 Å². The minimum absolute atomic E-state index is 0.190. The van der Waals surface area contributed by atoms with E-state index in [9.17, 15) is 4.79 Å². The van der Waals surface area contributed by atoms with Gasteiger partial charge in [0.15, 0.2) is 5.76 Å². The molecule has 0 N–H and O–H groups in total. The summed E-state index contributed by atoms with van der Waals surface area (Å²) in [5, 5.41) is 5.78. The van der Waals surface area contributed by atoms with Gasteiger partial charge in [-0.25, -0.2) is 4.68 Å². The van der Waals surface area contributed by atoms with Crippen LogP contribution in [-0.4, -0.2) is 27.6 Å². The Morgan fingerprint density at radius 2 is 2.00 bits per heavy atom. The van der Waals surface area contributed by atoms with Gasteiger partial charge in [-0.05, 0) is 36.4 Å². The molecule has 5 nitrogen and oxygen atoms in total. The van der Waals surface area contributed by atoms with E-state index in [0.717, 1.165) is 16.6 Å². The molecule has 0 bridgehead atoms. The summed E-state index contributed by atoms with van der Waals surface area (Å²) in [6, 6.07) is 16.8. The lowest BCUT2D eigenvalue weighted by molar-refractivity contribution is 0.0756. The highest BCUT2D eigenvalue weighted by Crippen LogP contribution is 2.24. The first-order valence-corrected chi connectivity index (χ1v) is 8.51. The van der Waals surface area contributed by atoms with Crippen LogP contribution < -0.4 is 0 Å². The topological polar surface area (TPSA) is 51.3 Å². The molecular weight excluding hydrogens is 350 g/mol. The van der Waals surface area contributed by atoms with Gasteiger partial charge in [-0.2, -0.15) is 5.10 Å². The van der Waals surface area contributed by atoms with E-state index in [2.05, 4.69) is 5.10 Å². The number of para-hydroxylation sites is 1. The Kier molecular flexibility index (Phi) is 4.22. The van der Waals surface area contributed by atoms with Crippen molar-refractivity contribution in [3.05, 3.63) is 83.3 Å². The van der Waals surface area contributed by atoms with Crippen molar-refractivity contribution in [1.82, 2.24) is 14.7 Å². The van der Waals surface area contributed by atoms with E-state index in [0.29, 0.717) is 22.9 Å². The van der Waals surface area contributed by atoms with Gasteiger partial charge in [0.2, 0.25) is 0 Å². The SMILES string of the molecule is CN(Cc1cnn(-c2ccccc2)c1)C(=O)c1cc2cc(Cl)ccc2o1. The maximum atomic E-state index is 12.7. The maximum absolute atomic E-state index is 12.7. The van der Waals surface area contributed by atoms with Gasteiger partial charge in [0.25, 0.3) is 5.91 Å². The lowest BCUT2D eigenvalue weighted by Gasteiger charge is -2.14. The van der Waals surface area contributed by atoms with E-state index in [1.165, 1.54) is 0 Å². The van der Waals surface area contributed by atoms with Gasteiger partial charge in [0.1, 0.15) is 5.58 Å². The van der Waals surface area contributed by atoms with Crippen LogP contribution in [0.5, 0.6) is 0 Å². The lowest BCUT2D eigenvalue weighted by Crippen LogP contribution is -2.25.